The summed E-state index contributed by atoms with van der Waals surface area (Å²) in [5, 5.41) is 16.1. The van der Waals surface area contributed by atoms with Gasteiger partial charge in [0.1, 0.15) is 5.82 Å². The Bertz CT molecular complexity index is 419. The van der Waals surface area contributed by atoms with Gasteiger partial charge in [0.05, 0.1) is 12.1 Å². The van der Waals surface area contributed by atoms with Gasteiger partial charge in [-0.1, -0.05) is 0 Å². The number of hydrogen-bond acceptors (Lipinski definition) is 6. The molecule has 0 saturated carbocycles. The molecule has 1 fully saturated rings. The van der Waals surface area contributed by atoms with Gasteiger partial charge in [0.2, 0.25) is 5.95 Å². The molecule has 19 heavy (non-hydrogen) atoms. The van der Waals surface area contributed by atoms with Crippen LogP contribution in [0.1, 0.15) is 25.5 Å². The van der Waals surface area contributed by atoms with Gasteiger partial charge in [-0.2, -0.15) is 4.98 Å². The van der Waals surface area contributed by atoms with Crippen molar-refractivity contribution in [1.82, 2.24) is 9.97 Å². The Kier molecular flexibility index (Phi) is 4.55. The smallest absolute Gasteiger partial charge is 0.224 e. The molecular formula is C13H22N4O2. The van der Waals surface area contributed by atoms with Gasteiger partial charge in [0, 0.05) is 31.5 Å². The van der Waals surface area contributed by atoms with Crippen molar-refractivity contribution in [2.45, 2.75) is 32.2 Å². The Morgan fingerprint density at radius 2 is 2.11 bits per heavy atom. The lowest BCUT2D eigenvalue weighted by molar-refractivity contribution is 0.0378. The van der Waals surface area contributed by atoms with Crippen molar-refractivity contribution < 1.29 is 9.84 Å². The monoisotopic (exact) mass is 266 g/mol. The molecule has 1 aromatic rings. The molecule has 0 aliphatic carbocycles. The van der Waals surface area contributed by atoms with E-state index in [9.17, 15) is 5.11 Å². The van der Waals surface area contributed by atoms with Crippen LogP contribution in [0.2, 0.25) is 0 Å². The number of ether oxygens (including phenoxy) is 1. The zero-order valence-electron chi connectivity index (χ0n) is 11.6. The maximum absolute atomic E-state index is 9.67. The second-order valence-electron chi connectivity index (χ2n) is 4.92. The molecule has 0 aromatic carbocycles. The summed E-state index contributed by atoms with van der Waals surface area (Å²) in [6.07, 6.45) is 1.56. The number of aliphatic hydroxyl groups excluding tert-OH is 1. The van der Waals surface area contributed by atoms with Gasteiger partial charge in [0.15, 0.2) is 0 Å². The van der Waals surface area contributed by atoms with Crippen molar-refractivity contribution in [3.63, 3.8) is 0 Å². The van der Waals surface area contributed by atoms with E-state index in [2.05, 4.69) is 20.6 Å². The Balaban J connectivity index is 2.16. The van der Waals surface area contributed by atoms with Crippen molar-refractivity contribution in [1.29, 1.82) is 0 Å². The Hall–Kier alpha value is -1.40. The summed E-state index contributed by atoms with van der Waals surface area (Å²) < 4.78 is 5.35. The predicted molar refractivity (Wildman–Crippen MR) is 74.4 cm³/mol. The van der Waals surface area contributed by atoms with Crippen molar-refractivity contribution >= 4 is 11.8 Å². The van der Waals surface area contributed by atoms with Gasteiger partial charge >= 0.3 is 0 Å². The summed E-state index contributed by atoms with van der Waals surface area (Å²) in [6, 6.07) is 1.90. The highest BCUT2D eigenvalue weighted by molar-refractivity contribution is 5.44. The fourth-order valence-electron chi connectivity index (χ4n) is 2.23. The fourth-order valence-corrected chi connectivity index (χ4v) is 2.23. The predicted octanol–water partition coefficient (Wildman–Crippen LogP) is 1.17. The second-order valence-corrected chi connectivity index (χ2v) is 4.92. The number of aliphatic hydroxyl groups is 1. The highest BCUT2D eigenvalue weighted by Gasteiger charge is 2.32. The minimum absolute atomic E-state index is 0.0793. The van der Waals surface area contributed by atoms with Gasteiger partial charge < -0.3 is 20.5 Å². The molecule has 6 heteroatoms. The zero-order valence-corrected chi connectivity index (χ0v) is 11.6. The lowest BCUT2D eigenvalue weighted by Gasteiger charge is -2.36. The Morgan fingerprint density at radius 3 is 2.74 bits per heavy atom. The highest BCUT2D eigenvalue weighted by Crippen LogP contribution is 2.25. The molecule has 0 bridgehead atoms. The van der Waals surface area contributed by atoms with E-state index in [1.807, 2.05) is 19.9 Å². The first kappa shape index (κ1) is 14.0. The third-order valence-electron chi connectivity index (χ3n) is 3.33. The molecule has 6 nitrogen and oxygen atoms in total. The van der Waals surface area contributed by atoms with Crippen molar-refractivity contribution in [3.8, 4) is 0 Å². The fraction of sp³-hybridized carbons (Fsp3) is 0.692. The summed E-state index contributed by atoms with van der Waals surface area (Å²) in [6.45, 7) is 6.13. The molecule has 1 aromatic heterocycles. The molecule has 1 aliphatic heterocycles. The lowest BCUT2D eigenvalue weighted by Crippen LogP contribution is -2.47. The minimum Gasteiger partial charge on any atom is -0.394 e. The Morgan fingerprint density at radius 1 is 1.37 bits per heavy atom. The number of hydrogen-bond donors (Lipinski definition) is 3. The SMILES string of the molecule is CCNc1nc(C)cc(NC2(CO)CCOCC2)n1. The number of aryl methyl sites for hydroxylation is 1. The van der Waals surface area contributed by atoms with Crippen LogP contribution < -0.4 is 10.6 Å². The van der Waals surface area contributed by atoms with E-state index in [0.717, 1.165) is 30.9 Å². The standard InChI is InChI=1S/C13H22N4O2/c1-3-14-12-15-10(2)8-11(16-12)17-13(9-18)4-6-19-7-5-13/h8,18H,3-7,9H2,1-2H3,(H2,14,15,16,17). The van der Waals surface area contributed by atoms with Gasteiger partial charge in [-0.05, 0) is 26.7 Å². The van der Waals surface area contributed by atoms with E-state index in [4.69, 9.17) is 4.74 Å². The van der Waals surface area contributed by atoms with Gasteiger partial charge in [-0.25, -0.2) is 4.98 Å². The van der Waals surface area contributed by atoms with Crippen molar-refractivity contribution in [2.24, 2.45) is 0 Å². The summed E-state index contributed by atoms with van der Waals surface area (Å²) >= 11 is 0. The van der Waals surface area contributed by atoms with Crippen molar-refractivity contribution in [3.05, 3.63) is 11.8 Å². The van der Waals surface area contributed by atoms with Crippen LogP contribution in [0.5, 0.6) is 0 Å². The first-order chi connectivity index (χ1) is 9.17. The minimum atomic E-state index is -0.331. The van der Waals surface area contributed by atoms with E-state index >= 15 is 0 Å². The molecule has 0 amide bonds. The molecule has 1 aliphatic rings. The molecule has 106 valence electrons. The van der Waals surface area contributed by atoms with E-state index in [-0.39, 0.29) is 12.1 Å². The number of rotatable bonds is 5. The molecule has 0 atom stereocenters. The maximum atomic E-state index is 9.67. The summed E-state index contributed by atoms with van der Waals surface area (Å²) in [4.78, 5) is 8.74. The molecule has 0 unspecified atom stereocenters. The third-order valence-corrected chi connectivity index (χ3v) is 3.33. The molecule has 1 saturated heterocycles. The van der Waals surface area contributed by atoms with E-state index in [0.29, 0.717) is 19.2 Å². The van der Waals surface area contributed by atoms with Crippen LogP contribution in [0, 0.1) is 6.92 Å². The Labute approximate surface area is 113 Å². The van der Waals surface area contributed by atoms with Crippen LogP contribution in [0.4, 0.5) is 11.8 Å². The average Bonchev–Trinajstić information content (AvgIpc) is 2.39. The second kappa shape index (κ2) is 6.16. The van der Waals surface area contributed by atoms with Crippen LogP contribution >= 0.6 is 0 Å². The average molecular weight is 266 g/mol. The van der Waals surface area contributed by atoms with Gasteiger partial charge in [-0.15, -0.1) is 0 Å². The number of anilines is 2. The van der Waals surface area contributed by atoms with Crippen LogP contribution in [-0.4, -0.2) is 47.0 Å². The normalized spacial score (nSPS) is 18.1. The van der Waals surface area contributed by atoms with Crippen LogP contribution in [0.3, 0.4) is 0 Å². The molecule has 0 spiro atoms. The van der Waals surface area contributed by atoms with Gasteiger partial charge in [-0.3, -0.25) is 0 Å². The first-order valence-electron chi connectivity index (χ1n) is 6.74. The van der Waals surface area contributed by atoms with Crippen LogP contribution in [0.15, 0.2) is 6.07 Å². The number of nitrogens with zero attached hydrogens (tertiary/aromatic N) is 2. The maximum Gasteiger partial charge on any atom is 0.224 e. The summed E-state index contributed by atoms with van der Waals surface area (Å²) in [5.41, 5.74) is 0.566. The van der Waals surface area contributed by atoms with E-state index < -0.39 is 0 Å². The van der Waals surface area contributed by atoms with E-state index in [1.54, 1.807) is 0 Å². The molecule has 0 radical (unpaired) electrons. The summed E-state index contributed by atoms with van der Waals surface area (Å²) in [5.74, 6) is 1.37. The van der Waals surface area contributed by atoms with Crippen LogP contribution in [0.25, 0.3) is 0 Å². The molecule has 3 N–H and O–H groups in total. The van der Waals surface area contributed by atoms with Gasteiger partial charge in [0.25, 0.3) is 0 Å². The molecule has 2 heterocycles. The largest absolute Gasteiger partial charge is 0.394 e. The van der Waals surface area contributed by atoms with Crippen LogP contribution in [-0.2, 0) is 4.74 Å². The molecular weight excluding hydrogens is 244 g/mol. The first-order valence-corrected chi connectivity index (χ1v) is 6.74. The molecule has 2 rings (SSSR count). The number of aromatic nitrogens is 2. The lowest BCUT2D eigenvalue weighted by atomic mass is 9.91. The summed E-state index contributed by atoms with van der Waals surface area (Å²) in [7, 11) is 0. The topological polar surface area (TPSA) is 79.3 Å². The number of nitrogens with one attached hydrogen (secondary N) is 2. The quantitative estimate of drug-likeness (QED) is 0.742. The zero-order chi connectivity index (χ0) is 13.7. The van der Waals surface area contributed by atoms with E-state index in [1.165, 1.54) is 0 Å². The third kappa shape index (κ3) is 3.54. The highest BCUT2D eigenvalue weighted by atomic mass is 16.5. The van der Waals surface area contributed by atoms with Crippen molar-refractivity contribution in [2.75, 3.05) is 37.0 Å².